The second kappa shape index (κ2) is 5.85. The van der Waals surface area contributed by atoms with Crippen molar-refractivity contribution in [3.63, 3.8) is 0 Å². The molecule has 6 nitrogen and oxygen atoms in total. The van der Waals surface area contributed by atoms with Gasteiger partial charge in [-0.2, -0.15) is 0 Å². The third kappa shape index (κ3) is 2.87. The van der Waals surface area contributed by atoms with Gasteiger partial charge in [0.05, 0.1) is 11.1 Å². The van der Waals surface area contributed by atoms with E-state index in [1.54, 1.807) is 6.07 Å². The molecular formula is C12H7Cl2N3O3. The summed E-state index contributed by atoms with van der Waals surface area (Å²) >= 11 is 11.5. The molecule has 2 rings (SSSR count). The Morgan fingerprint density at radius 1 is 1.10 bits per heavy atom. The molecule has 2 N–H and O–H groups in total. The maximum atomic E-state index is 12.1. The smallest absolute Gasteiger partial charge is 0.336 e. The Morgan fingerprint density at radius 3 is 2.40 bits per heavy atom. The van der Waals surface area contributed by atoms with Crippen LogP contribution in [0.4, 0.5) is 5.82 Å². The molecular weight excluding hydrogens is 305 g/mol. The van der Waals surface area contributed by atoms with Crippen LogP contribution in [0.3, 0.4) is 0 Å². The summed E-state index contributed by atoms with van der Waals surface area (Å²) in [7, 11) is 0. The summed E-state index contributed by atoms with van der Waals surface area (Å²) in [6.45, 7) is 0. The monoisotopic (exact) mass is 311 g/mol. The van der Waals surface area contributed by atoms with E-state index in [0.29, 0.717) is 0 Å². The van der Waals surface area contributed by atoms with Gasteiger partial charge < -0.3 is 10.4 Å². The second-order valence-electron chi connectivity index (χ2n) is 3.63. The van der Waals surface area contributed by atoms with Crippen LogP contribution in [0.2, 0.25) is 10.2 Å². The number of carboxylic acid groups (broad SMARTS) is 1. The molecule has 1 amide bonds. The third-order valence-corrected chi connectivity index (χ3v) is 3.12. The zero-order valence-corrected chi connectivity index (χ0v) is 11.3. The standard InChI is InChI=1S/C12H7Cl2N3O3/c13-8-9(14)15-5-16-10(8)17-11(18)6-3-1-2-4-7(6)12(19)20/h1-5H,(H,19,20)(H,15,16,17,18). The summed E-state index contributed by atoms with van der Waals surface area (Å²) < 4.78 is 0. The number of nitrogens with one attached hydrogen (secondary N) is 1. The van der Waals surface area contributed by atoms with Crippen molar-refractivity contribution < 1.29 is 14.7 Å². The summed E-state index contributed by atoms with van der Waals surface area (Å²) in [5.41, 5.74) is -0.132. The minimum atomic E-state index is -1.21. The van der Waals surface area contributed by atoms with Crippen LogP contribution in [0.1, 0.15) is 20.7 Å². The van der Waals surface area contributed by atoms with Crippen LogP contribution in [0.5, 0.6) is 0 Å². The number of carbonyl (C=O) groups excluding carboxylic acids is 1. The minimum Gasteiger partial charge on any atom is -0.478 e. The number of halogens is 2. The lowest BCUT2D eigenvalue weighted by molar-refractivity contribution is 0.0692. The van der Waals surface area contributed by atoms with Crippen molar-refractivity contribution in [2.24, 2.45) is 0 Å². The van der Waals surface area contributed by atoms with Crippen LogP contribution >= 0.6 is 23.2 Å². The maximum absolute atomic E-state index is 12.1. The van der Waals surface area contributed by atoms with Crippen molar-refractivity contribution in [1.82, 2.24) is 9.97 Å². The van der Waals surface area contributed by atoms with Gasteiger partial charge in [0.25, 0.3) is 5.91 Å². The van der Waals surface area contributed by atoms with Gasteiger partial charge in [0.15, 0.2) is 11.0 Å². The fourth-order valence-electron chi connectivity index (χ4n) is 1.48. The molecule has 0 aliphatic rings. The quantitative estimate of drug-likeness (QED) is 0.850. The summed E-state index contributed by atoms with van der Waals surface area (Å²) in [4.78, 5) is 30.5. The molecule has 1 aromatic carbocycles. The molecule has 1 heterocycles. The van der Waals surface area contributed by atoms with Gasteiger partial charge in [-0.1, -0.05) is 35.3 Å². The van der Waals surface area contributed by atoms with E-state index in [9.17, 15) is 9.59 Å². The molecule has 0 bridgehead atoms. The predicted molar refractivity (Wildman–Crippen MR) is 73.4 cm³/mol. The highest BCUT2D eigenvalue weighted by molar-refractivity contribution is 6.43. The zero-order valence-electron chi connectivity index (χ0n) is 9.80. The Kier molecular flexibility index (Phi) is 4.16. The molecule has 0 atom stereocenters. The first-order chi connectivity index (χ1) is 9.50. The van der Waals surface area contributed by atoms with Gasteiger partial charge >= 0.3 is 5.97 Å². The first-order valence-electron chi connectivity index (χ1n) is 5.30. The molecule has 0 aliphatic heterocycles. The summed E-state index contributed by atoms with van der Waals surface area (Å²) in [6.07, 6.45) is 1.13. The van der Waals surface area contributed by atoms with E-state index in [1.165, 1.54) is 18.2 Å². The number of benzene rings is 1. The highest BCUT2D eigenvalue weighted by atomic mass is 35.5. The molecule has 102 valence electrons. The number of carboxylic acids is 1. The van der Waals surface area contributed by atoms with Crippen molar-refractivity contribution in [2.45, 2.75) is 0 Å². The lowest BCUT2D eigenvalue weighted by atomic mass is 10.1. The first-order valence-corrected chi connectivity index (χ1v) is 6.06. The Morgan fingerprint density at radius 2 is 1.75 bits per heavy atom. The molecule has 0 aliphatic carbocycles. The van der Waals surface area contributed by atoms with Crippen LogP contribution in [0.15, 0.2) is 30.6 Å². The number of anilines is 1. The molecule has 0 saturated heterocycles. The molecule has 2 aromatic rings. The molecule has 20 heavy (non-hydrogen) atoms. The van der Waals surface area contributed by atoms with Gasteiger partial charge in [-0.15, -0.1) is 0 Å². The van der Waals surface area contributed by atoms with Crippen LogP contribution in [0, 0.1) is 0 Å². The average Bonchev–Trinajstić information content (AvgIpc) is 2.43. The van der Waals surface area contributed by atoms with Crippen molar-refractivity contribution >= 4 is 40.9 Å². The summed E-state index contributed by atoms with van der Waals surface area (Å²) in [6, 6.07) is 5.78. The van der Waals surface area contributed by atoms with Gasteiger partial charge in [0.2, 0.25) is 0 Å². The number of carbonyl (C=O) groups is 2. The predicted octanol–water partition coefficient (Wildman–Crippen LogP) is 2.73. The fourth-order valence-corrected chi connectivity index (χ4v) is 1.76. The van der Waals surface area contributed by atoms with E-state index in [0.717, 1.165) is 6.33 Å². The normalized spacial score (nSPS) is 10.1. The van der Waals surface area contributed by atoms with E-state index < -0.39 is 11.9 Å². The summed E-state index contributed by atoms with van der Waals surface area (Å²) in [5.74, 6) is -1.85. The fraction of sp³-hybridized carbons (Fsp3) is 0. The van der Waals surface area contributed by atoms with Gasteiger partial charge in [-0.05, 0) is 12.1 Å². The number of amides is 1. The Balaban J connectivity index is 2.34. The average molecular weight is 312 g/mol. The van der Waals surface area contributed by atoms with Gasteiger partial charge in [-0.3, -0.25) is 4.79 Å². The molecule has 0 spiro atoms. The van der Waals surface area contributed by atoms with E-state index in [4.69, 9.17) is 28.3 Å². The Hall–Kier alpha value is -2.18. The van der Waals surface area contributed by atoms with Crippen LogP contribution in [0.25, 0.3) is 0 Å². The van der Waals surface area contributed by atoms with Gasteiger partial charge in [0.1, 0.15) is 11.3 Å². The van der Waals surface area contributed by atoms with Crippen molar-refractivity contribution in [3.05, 3.63) is 51.9 Å². The highest BCUT2D eigenvalue weighted by Crippen LogP contribution is 2.25. The number of aromatic nitrogens is 2. The number of hydrogen-bond donors (Lipinski definition) is 2. The SMILES string of the molecule is O=C(O)c1ccccc1C(=O)Nc1ncnc(Cl)c1Cl. The Bertz CT molecular complexity index is 691. The number of nitrogens with zero attached hydrogens (tertiary/aromatic N) is 2. The van der Waals surface area contributed by atoms with Crippen molar-refractivity contribution in [2.75, 3.05) is 5.32 Å². The topological polar surface area (TPSA) is 92.2 Å². The molecule has 0 saturated carbocycles. The lowest BCUT2D eigenvalue weighted by Gasteiger charge is -2.08. The largest absolute Gasteiger partial charge is 0.478 e. The Labute approximate surface area is 123 Å². The highest BCUT2D eigenvalue weighted by Gasteiger charge is 2.18. The molecule has 0 fully saturated rings. The third-order valence-electron chi connectivity index (χ3n) is 2.38. The minimum absolute atomic E-state index is 0.00852. The second-order valence-corrected chi connectivity index (χ2v) is 4.37. The first kappa shape index (κ1) is 14.2. The molecule has 8 heteroatoms. The van der Waals surface area contributed by atoms with E-state index in [2.05, 4.69) is 15.3 Å². The maximum Gasteiger partial charge on any atom is 0.336 e. The van der Waals surface area contributed by atoms with E-state index in [1.807, 2.05) is 0 Å². The van der Waals surface area contributed by atoms with E-state index in [-0.39, 0.29) is 27.1 Å². The lowest BCUT2D eigenvalue weighted by Crippen LogP contribution is -2.17. The van der Waals surface area contributed by atoms with E-state index >= 15 is 0 Å². The van der Waals surface area contributed by atoms with Crippen LogP contribution in [-0.2, 0) is 0 Å². The number of rotatable bonds is 3. The number of aromatic carboxylic acids is 1. The van der Waals surface area contributed by atoms with Crippen molar-refractivity contribution in [1.29, 1.82) is 0 Å². The molecule has 0 unspecified atom stereocenters. The van der Waals surface area contributed by atoms with Gasteiger partial charge in [0, 0.05) is 0 Å². The molecule has 1 aromatic heterocycles. The molecule has 0 radical (unpaired) electrons. The number of hydrogen-bond acceptors (Lipinski definition) is 4. The van der Waals surface area contributed by atoms with Crippen LogP contribution in [-0.4, -0.2) is 27.0 Å². The summed E-state index contributed by atoms with van der Waals surface area (Å²) in [5, 5.41) is 11.4. The zero-order chi connectivity index (χ0) is 14.7. The van der Waals surface area contributed by atoms with Crippen molar-refractivity contribution in [3.8, 4) is 0 Å². The van der Waals surface area contributed by atoms with Crippen LogP contribution < -0.4 is 5.32 Å². The van der Waals surface area contributed by atoms with Gasteiger partial charge in [-0.25, -0.2) is 14.8 Å².